The molecule has 23 heavy (non-hydrogen) atoms. The van der Waals surface area contributed by atoms with E-state index in [-0.39, 0.29) is 0 Å². The average molecular weight is 322 g/mol. The Bertz CT molecular complexity index is 871. The van der Waals surface area contributed by atoms with Gasteiger partial charge in [0, 0.05) is 0 Å². The van der Waals surface area contributed by atoms with Crippen molar-refractivity contribution in [1.29, 1.82) is 0 Å². The van der Waals surface area contributed by atoms with Gasteiger partial charge in [-0.3, -0.25) is 14.2 Å². The van der Waals surface area contributed by atoms with Crippen molar-refractivity contribution in [2.24, 2.45) is 0 Å². The largest absolute Gasteiger partial charge is 0.394 e. The normalized spacial score (nSPS) is 27.7. The minimum absolute atomic E-state index is 0.382. The van der Waals surface area contributed by atoms with E-state index >= 15 is 0 Å². The van der Waals surface area contributed by atoms with Gasteiger partial charge in [-0.15, -0.1) is 0 Å². The van der Waals surface area contributed by atoms with E-state index in [1.165, 1.54) is 0 Å². The molecule has 1 aromatic carbocycles. The van der Waals surface area contributed by atoms with Gasteiger partial charge in [-0.1, -0.05) is 0 Å². The zero-order valence-electron chi connectivity index (χ0n) is 12.7. The Labute approximate surface area is 130 Å². The molecule has 2 aromatic rings. The zero-order valence-corrected chi connectivity index (χ0v) is 12.7. The fourth-order valence-corrected chi connectivity index (χ4v) is 2.84. The lowest BCUT2D eigenvalue weighted by Gasteiger charge is -2.20. The second-order valence-corrected chi connectivity index (χ2v) is 5.81. The Balaban J connectivity index is 2.28. The van der Waals surface area contributed by atoms with Crippen LogP contribution in [0.2, 0.25) is 0 Å². The predicted molar refractivity (Wildman–Crippen MR) is 81.3 cm³/mol. The lowest BCUT2D eigenvalue weighted by atomic mass is 10.1. The summed E-state index contributed by atoms with van der Waals surface area (Å²) < 4.78 is 6.43. The molecule has 1 saturated heterocycles. The summed E-state index contributed by atoms with van der Waals surface area (Å²) in [6.07, 6.45) is -5.06. The first-order valence-corrected chi connectivity index (χ1v) is 7.23. The Morgan fingerprint density at radius 3 is 2.43 bits per heavy atom. The number of ether oxygens (including phenoxy) is 1. The number of aromatic amines is 1. The van der Waals surface area contributed by atoms with Crippen molar-refractivity contribution >= 4 is 11.0 Å². The van der Waals surface area contributed by atoms with Gasteiger partial charge in [-0.2, -0.15) is 0 Å². The molecule has 0 spiro atoms. The molecule has 0 bridgehead atoms. The fourth-order valence-electron chi connectivity index (χ4n) is 2.84. The molecule has 4 atom stereocenters. The molecule has 0 radical (unpaired) electrons. The van der Waals surface area contributed by atoms with Crippen LogP contribution in [0, 0.1) is 13.8 Å². The number of hydrogen-bond donors (Lipinski definition) is 4. The van der Waals surface area contributed by atoms with Crippen LogP contribution in [-0.2, 0) is 4.74 Å². The van der Waals surface area contributed by atoms with Gasteiger partial charge in [0.05, 0.1) is 17.6 Å². The van der Waals surface area contributed by atoms with E-state index in [4.69, 9.17) is 4.74 Å². The van der Waals surface area contributed by atoms with Crippen LogP contribution in [0.5, 0.6) is 0 Å². The van der Waals surface area contributed by atoms with E-state index < -0.39 is 42.3 Å². The number of aliphatic hydroxyl groups excluding tert-OH is 3. The van der Waals surface area contributed by atoms with Gasteiger partial charge in [0.1, 0.15) is 18.3 Å². The number of benzene rings is 1. The van der Waals surface area contributed by atoms with Crippen LogP contribution in [0.4, 0.5) is 0 Å². The van der Waals surface area contributed by atoms with E-state index in [1.54, 1.807) is 12.1 Å². The summed E-state index contributed by atoms with van der Waals surface area (Å²) in [5.74, 6) is 0. The first-order valence-electron chi connectivity index (χ1n) is 7.23. The van der Waals surface area contributed by atoms with Crippen molar-refractivity contribution in [2.75, 3.05) is 6.61 Å². The maximum Gasteiger partial charge on any atom is 0.318 e. The van der Waals surface area contributed by atoms with Crippen LogP contribution < -0.4 is 11.1 Å². The van der Waals surface area contributed by atoms with Crippen molar-refractivity contribution < 1.29 is 20.1 Å². The number of aryl methyl sites for hydroxylation is 2. The summed E-state index contributed by atoms with van der Waals surface area (Å²) in [7, 11) is 0. The van der Waals surface area contributed by atoms with Crippen LogP contribution in [0.3, 0.4) is 0 Å². The van der Waals surface area contributed by atoms with Crippen LogP contribution in [0.1, 0.15) is 17.4 Å². The van der Waals surface area contributed by atoms with Crippen LogP contribution in [0.15, 0.2) is 21.7 Å². The van der Waals surface area contributed by atoms with Crippen molar-refractivity contribution in [3.63, 3.8) is 0 Å². The van der Waals surface area contributed by atoms with Gasteiger partial charge >= 0.3 is 11.1 Å². The monoisotopic (exact) mass is 322 g/mol. The molecule has 1 aliphatic rings. The summed E-state index contributed by atoms with van der Waals surface area (Å²) in [5.41, 5.74) is 0.890. The lowest BCUT2D eigenvalue weighted by molar-refractivity contribution is -0.0524. The molecule has 1 unspecified atom stereocenters. The highest BCUT2D eigenvalue weighted by Gasteiger charge is 2.44. The second kappa shape index (κ2) is 5.57. The quantitative estimate of drug-likeness (QED) is 0.521. The molecular formula is C15H18N2O6. The topological polar surface area (TPSA) is 125 Å². The molecule has 8 nitrogen and oxygen atoms in total. The minimum atomic E-state index is -1.43. The molecule has 1 aliphatic heterocycles. The summed E-state index contributed by atoms with van der Waals surface area (Å²) in [4.78, 5) is 26.7. The smallest absolute Gasteiger partial charge is 0.318 e. The highest BCUT2D eigenvalue weighted by Crippen LogP contribution is 2.30. The van der Waals surface area contributed by atoms with Gasteiger partial charge in [0.2, 0.25) is 0 Å². The van der Waals surface area contributed by atoms with Crippen molar-refractivity contribution in [3.05, 3.63) is 44.0 Å². The predicted octanol–water partition coefficient (Wildman–Crippen LogP) is -1.08. The maximum absolute atomic E-state index is 12.3. The highest BCUT2D eigenvalue weighted by atomic mass is 16.6. The number of rotatable bonds is 2. The SMILES string of the molecule is Cc1cc2[nH]c(=O)c(=O)n(C3O[C@H](CO)[C@@H](O)[C@H]3O)c2cc1C. The van der Waals surface area contributed by atoms with Crippen LogP contribution in [0.25, 0.3) is 11.0 Å². The summed E-state index contributed by atoms with van der Waals surface area (Å²) in [5, 5.41) is 29.2. The molecule has 0 aliphatic carbocycles. The van der Waals surface area contributed by atoms with Gasteiger partial charge in [0.15, 0.2) is 6.23 Å². The molecule has 124 valence electrons. The Hall–Kier alpha value is -2.00. The number of aromatic nitrogens is 2. The van der Waals surface area contributed by atoms with Gasteiger partial charge in [-0.05, 0) is 37.1 Å². The van der Waals surface area contributed by atoms with E-state index in [9.17, 15) is 24.9 Å². The summed E-state index contributed by atoms with van der Waals surface area (Å²) in [6.45, 7) is 3.21. The number of nitrogens with zero attached hydrogens (tertiary/aromatic N) is 1. The molecule has 1 fully saturated rings. The fraction of sp³-hybridized carbons (Fsp3) is 0.467. The summed E-state index contributed by atoms with van der Waals surface area (Å²) in [6, 6.07) is 3.43. The summed E-state index contributed by atoms with van der Waals surface area (Å²) >= 11 is 0. The number of hydrogen-bond acceptors (Lipinski definition) is 6. The standard InChI is InChI=1S/C15H18N2O6/c1-6-3-8-9(4-7(6)2)17(14(22)13(21)16-8)15-12(20)11(19)10(5-18)23-15/h3-4,10-12,15,18-20H,5H2,1-2H3,(H,16,21)/t10-,11-,12-,15?/m1/s1. The second-order valence-electron chi connectivity index (χ2n) is 5.81. The van der Waals surface area contributed by atoms with Gasteiger partial charge in [0.25, 0.3) is 0 Å². The molecular weight excluding hydrogens is 304 g/mol. The van der Waals surface area contributed by atoms with Crippen LogP contribution >= 0.6 is 0 Å². The number of H-pyrrole nitrogens is 1. The molecule has 1 aromatic heterocycles. The first kappa shape index (κ1) is 15.9. The molecule has 3 rings (SSSR count). The van der Waals surface area contributed by atoms with E-state index in [0.717, 1.165) is 15.7 Å². The molecule has 2 heterocycles. The third-order valence-corrected chi connectivity index (χ3v) is 4.30. The third-order valence-electron chi connectivity index (χ3n) is 4.30. The molecule has 8 heteroatoms. The van der Waals surface area contributed by atoms with Gasteiger partial charge in [-0.25, -0.2) is 0 Å². The number of nitrogens with one attached hydrogen (secondary N) is 1. The molecule has 0 amide bonds. The van der Waals surface area contributed by atoms with Gasteiger partial charge < -0.3 is 25.0 Å². The van der Waals surface area contributed by atoms with Crippen LogP contribution in [-0.4, -0.2) is 49.8 Å². The van der Waals surface area contributed by atoms with E-state index in [0.29, 0.717) is 11.0 Å². The van der Waals surface area contributed by atoms with Crippen molar-refractivity contribution in [3.8, 4) is 0 Å². The maximum atomic E-state index is 12.3. The lowest BCUT2D eigenvalue weighted by Crippen LogP contribution is -2.42. The first-order chi connectivity index (χ1) is 10.8. The minimum Gasteiger partial charge on any atom is -0.394 e. The molecule has 0 saturated carbocycles. The van der Waals surface area contributed by atoms with Crippen molar-refractivity contribution in [2.45, 2.75) is 38.4 Å². The van der Waals surface area contributed by atoms with E-state index in [2.05, 4.69) is 4.98 Å². The Morgan fingerprint density at radius 2 is 1.83 bits per heavy atom. The Kier molecular flexibility index (Phi) is 3.85. The van der Waals surface area contributed by atoms with Crippen molar-refractivity contribution in [1.82, 2.24) is 9.55 Å². The average Bonchev–Trinajstić information content (AvgIpc) is 2.79. The zero-order chi connectivity index (χ0) is 16.9. The molecule has 4 N–H and O–H groups in total. The number of aliphatic hydroxyl groups is 3. The number of fused-ring (bicyclic) bond motifs is 1. The highest BCUT2D eigenvalue weighted by molar-refractivity contribution is 5.76. The third kappa shape index (κ3) is 2.40. The Morgan fingerprint density at radius 1 is 1.17 bits per heavy atom. The van der Waals surface area contributed by atoms with E-state index in [1.807, 2.05) is 13.8 Å².